The van der Waals surface area contributed by atoms with Crippen LogP contribution < -0.4 is 10.9 Å². The number of anilines is 1. The van der Waals surface area contributed by atoms with Gasteiger partial charge in [0.2, 0.25) is 5.78 Å². The van der Waals surface area contributed by atoms with E-state index in [4.69, 9.17) is 16.6 Å². The maximum Gasteiger partial charge on any atom is 0.261 e. The van der Waals surface area contributed by atoms with Crippen LogP contribution in [0.25, 0.3) is 17.0 Å². The van der Waals surface area contributed by atoms with Gasteiger partial charge in [0.15, 0.2) is 0 Å². The largest absolute Gasteiger partial charge is 0.371 e. The van der Waals surface area contributed by atoms with Gasteiger partial charge in [0, 0.05) is 35.9 Å². The highest BCUT2D eigenvalue weighted by atomic mass is 35.5. The van der Waals surface area contributed by atoms with Crippen LogP contribution in [-0.4, -0.2) is 20.5 Å². The van der Waals surface area contributed by atoms with Crippen LogP contribution in [0.3, 0.4) is 0 Å². The molecular formula is C25H27ClN4O. The lowest BCUT2D eigenvalue weighted by atomic mass is 10.1. The lowest BCUT2D eigenvalue weighted by molar-refractivity contribution is 0.604. The molecule has 0 aliphatic rings. The molecule has 4 rings (SSSR count). The molecule has 6 heteroatoms. The molecule has 0 aliphatic carbocycles. The summed E-state index contributed by atoms with van der Waals surface area (Å²) in [5.74, 6) is 1.48. The monoisotopic (exact) mass is 434 g/mol. The number of rotatable bonds is 9. The van der Waals surface area contributed by atoms with E-state index < -0.39 is 0 Å². The summed E-state index contributed by atoms with van der Waals surface area (Å²) in [4.78, 5) is 17.7. The van der Waals surface area contributed by atoms with E-state index in [1.54, 1.807) is 10.5 Å². The quantitative estimate of drug-likeness (QED) is 0.346. The number of unbranched alkanes of at least 4 members (excludes halogenated alkanes) is 2. The van der Waals surface area contributed by atoms with E-state index in [9.17, 15) is 4.79 Å². The van der Waals surface area contributed by atoms with Crippen molar-refractivity contribution in [1.82, 2.24) is 14.0 Å². The number of nitrogens with one attached hydrogen (secondary N) is 1. The molecule has 0 radical (unpaired) electrons. The van der Waals surface area contributed by atoms with Crippen molar-refractivity contribution in [3.63, 3.8) is 0 Å². The van der Waals surface area contributed by atoms with Gasteiger partial charge >= 0.3 is 0 Å². The molecule has 0 saturated heterocycles. The number of nitrogens with zero attached hydrogens (tertiary/aromatic N) is 3. The van der Waals surface area contributed by atoms with Crippen molar-refractivity contribution in [2.24, 2.45) is 0 Å². The molecule has 0 fully saturated rings. The summed E-state index contributed by atoms with van der Waals surface area (Å²) in [6.07, 6.45) is 6.00. The summed E-state index contributed by atoms with van der Waals surface area (Å²) in [5.41, 5.74) is 2.88. The number of imidazole rings is 1. The molecule has 0 bridgehead atoms. The van der Waals surface area contributed by atoms with Crippen LogP contribution >= 0.6 is 11.6 Å². The van der Waals surface area contributed by atoms with Gasteiger partial charge in [0.1, 0.15) is 5.82 Å². The van der Waals surface area contributed by atoms with E-state index >= 15 is 0 Å². The smallest absolute Gasteiger partial charge is 0.261 e. The number of aryl methyl sites for hydroxylation is 1. The Hall–Kier alpha value is -3.05. The molecule has 1 N–H and O–H groups in total. The van der Waals surface area contributed by atoms with Gasteiger partial charge in [-0.1, -0.05) is 73.8 Å². The molecule has 0 atom stereocenters. The van der Waals surface area contributed by atoms with Crippen molar-refractivity contribution in [3.8, 4) is 11.3 Å². The number of hydrogen-bond donors (Lipinski definition) is 1. The van der Waals surface area contributed by atoms with E-state index in [0.29, 0.717) is 10.8 Å². The fourth-order valence-electron chi connectivity index (χ4n) is 3.72. The molecule has 2 heterocycles. The molecule has 0 aliphatic heterocycles. The van der Waals surface area contributed by atoms with Crippen LogP contribution in [0.2, 0.25) is 5.02 Å². The number of benzene rings is 2. The summed E-state index contributed by atoms with van der Waals surface area (Å²) in [5, 5.41) is 4.15. The predicted octanol–water partition coefficient (Wildman–Crippen LogP) is 5.66. The maximum atomic E-state index is 12.9. The van der Waals surface area contributed by atoms with Crippen LogP contribution in [0.4, 0.5) is 5.82 Å². The normalized spacial score (nSPS) is 11.2. The molecule has 0 saturated carbocycles. The Morgan fingerprint density at radius 1 is 1.03 bits per heavy atom. The van der Waals surface area contributed by atoms with Crippen molar-refractivity contribution >= 4 is 23.2 Å². The number of fused-ring (bicyclic) bond motifs is 1. The van der Waals surface area contributed by atoms with Crippen LogP contribution in [-0.2, 0) is 13.0 Å². The zero-order valence-electron chi connectivity index (χ0n) is 17.7. The fraction of sp³-hybridized carbons (Fsp3) is 0.280. The molecule has 5 nitrogen and oxygen atoms in total. The van der Waals surface area contributed by atoms with Crippen LogP contribution in [0, 0.1) is 0 Å². The molecule has 0 unspecified atom stereocenters. The zero-order valence-corrected chi connectivity index (χ0v) is 18.5. The van der Waals surface area contributed by atoms with Crippen molar-refractivity contribution in [1.29, 1.82) is 0 Å². The summed E-state index contributed by atoms with van der Waals surface area (Å²) < 4.78 is 3.76. The second kappa shape index (κ2) is 9.84. The first-order valence-electron chi connectivity index (χ1n) is 10.8. The first-order valence-corrected chi connectivity index (χ1v) is 11.2. The Balaban J connectivity index is 1.67. The Bertz CT molecular complexity index is 1200. The van der Waals surface area contributed by atoms with E-state index in [-0.39, 0.29) is 5.56 Å². The highest BCUT2D eigenvalue weighted by molar-refractivity contribution is 6.30. The lowest BCUT2D eigenvalue weighted by Crippen LogP contribution is -2.21. The Morgan fingerprint density at radius 2 is 1.81 bits per heavy atom. The Kier molecular flexibility index (Phi) is 6.73. The molecule has 0 spiro atoms. The van der Waals surface area contributed by atoms with E-state index in [2.05, 4.69) is 28.9 Å². The maximum absolute atomic E-state index is 12.9. The van der Waals surface area contributed by atoms with E-state index in [1.165, 1.54) is 5.56 Å². The number of hydrogen-bond acceptors (Lipinski definition) is 3. The van der Waals surface area contributed by atoms with Crippen molar-refractivity contribution < 1.29 is 0 Å². The van der Waals surface area contributed by atoms with Gasteiger partial charge in [-0.25, -0.2) is 4.98 Å². The van der Waals surface area contributed by atoms with E-state index in [0.717, 1.165) is 55.8 Å². The molecule has 4 aromatic rings. The van der Waals surface area contributed by atoms with Gasteiger partial charge in [0.25, 0.3) is 5.56 Å². The third kappa shape index (κ3) is 5.00. The molecule has 2 aromatic carbocycles. The Morgan fingerprint density at radius 3 is 2.55 bits per heavy atom. The predicted molar refractivity (Wildman–Crippen MR) is 128 cm³/mol. The highest BCUT2D eigenvalue weighted by Crippen LogP contribution is 2.22. The summed E-state index contributed by atoms with van der Waals surface area (Å²) in [6, 6.07) is 19.6. The lowest BCUT2D eigenvalue weighted by Gasteiger charge is -2.16. The molecule has 160 valence electrons. The topological polar surface area (TPSA) is 51.3 Å². The van der Waals surface area contributed by atoms with Gasteiger partial charge in [-0.15, -0.1) is 0 Å². The van der Waals surface area contributed by atoms with Crippen LogP contribution in [0.1, 0.15) is 31.7 Å². The van der Waals surface area contributed by atoms with Gasteiger partial charge in [-0.3, -0.25) is 13.8 Å². The second-order valence-corrected chi connectivity index (χ2v) is 8.13. The SMILES string of the molecule is CCCCCn1c(NCCc2ccccc2)cc(=O)n2cc(-c3ccc(Cl)cc3)nc12. The Labute approximate surface area is 187 Å². The van der Waals surface area contributed by atoms with Crippen molar-refractivity contribution in [2.75, 3.05) is 11.9 Å². The zero-order chi connectivity index (χ0) is 21.6. The summed E-state index contributed by atoms with van der Waals surface area (Å²) in [6.45, 7) is 3.74. The van der Waals surface area contributed by atoms with E-state index in [1.807, 2.05) is 48.7 Å². The number of aromatic nitrogens is 3. The van der Waals surface area contributed by atoms with Crippen LogP contribution in [0.5, 0.6) is 0 Å². The van der Waals surface area contributed by atoms with Crippen molar-refractivity contribution in [2.45, 2.75) is 39.2 Å². The van der Waals surface area contributed by atoms with Crippen molar-refractivity contribution in [3.05, 3.63) is 87.8 Å². The molecular weight excluding hydrogens is 408 g/mol. The standard InChI is InChI=1S/C25H27ClN4O/c1-2-3-7-16-29-23(27-15-14-19-8-5-4-6-9-19)17-24(31)30-18-22(28-25(29)30)20-10-12-21(26)13-11-20/h4-6,8-13,17-18,27H,2-3,7,14-16H2,1H3. The number of halogens is 1. The minimum Gasteiger partial charge on any atom is -0.371 e. The van der Waals surface area contributed by atoms with Gasteiger partial charge < -0.3 is 5.32 Å². The first kappa shape index (κ1) is 21.2. The summed E-state index contributed by atoms with van der Waals surface area (Å²) >= 11 is 6.02. The second-order valence-electron chi connectivity index (χ2n) is 7.69. The highest BCUT2D eigenvalue weighted by Gasteiger charge is 2.13. The molecule has 2 aromatic heterocycles. The summed E-state index contributed by atoms with van der Waals surface area (Å²) in [7, 11) is 0. The van der Waals surface area contributed by atoms with Gasteiger partial charge in [-0.2, -0.15) is 0 Å². The van der Waals surface area contributed by atoms with Gasteiger partial charge in [-0.05, 0) is 30.5 Å². The average Bonchev–Trinajstić information content (AvgIpc) is 3.23. The third-order valence-electron chi connectivity index (χ3n) is 5.41. The minimum absolute atomic E-state index is 0.0864. The third-order valence-corrected chi connectivity index (χ3v) is 5.66. The van der Waals surface area contributed by atoms with Gasteiger partial charge in [0.05, 0.1) is 5.69 Å². The van der Waals surface area contributed by atoms with Crippen LogP contribution in [0.15, 0.2) is 71.7 Å². The molecule has 31 heavy (non-hydrogen) atoms. The minimum atomic E-state index is -0.0864. The first-order chi connectivity index (χ1) is 15.2. The average molecular weight is 435 g/mol. The fourth-order valence-corrected chi connectivity index (χ4v) is 3.85. The molecule has 0 amide bonds.